The number of aromatic carboxylic acids is 1. The molecule has 1 N–H and O–H groups in total. The molecular formula is C14H6BrCl2NO3. The number of carboxylic acid groups (broad SMARTS) is 1. The van der Waals surface area contributed by atoms with Gasteiger partial charge in [0.05, 0.1) is 16.1 Å². The largest absolute Gasteiger partial charge is 0.478 e. The Labute approximate surface area is 137 Å². The van der Waals surface area contributed by atoms with Crippen LogP contribution in [0.5, 0.6) is 0 Å². The first-order valence-corrected chi connectivity index (χ1v) is 7.29. The summed E-state index contributed by atoms with van der Waals surface area (Å²) in [6, 6.07) is 7.74. The number of halogens is 3. The molecule has 1 heterocycles. The van der Waals surface area contributed by atoms with E-state index in [9.17, 15) is 4.79 Å². The predicted octanol–water partition coefficient (Wildman–Crippen LogP) is 5.26. The lowest BCUT2D eigenvalue weighted by Crippen LogP contribution is -1.94. The third-order valence-corrected chi connectivity index (χ3v) is 4.46. The third-order valence-electron chi connectivity index (χ3n) is 2.86. The first kappa shape index (κ1) is 14.4. The van der Waals surface area contributed by atoms with Crippen LogP contribution in [0.3, 0.4) is 0 Å². The van der Waals surface area contributed by atoms with E-state index in [2.05, 4.69) is 20.9 Å². The van der Waals surface area contributed by atoms with Crippen LogP contribution in [0, 0.1) is 0 Å². The summed E-state index contributed by atoms with van der Waals surface area (Å²) in [4.78, 5) is 15.3. The second-order valence-electron chi connectivity index (χ2n) is 4.26. The van der Waals surface area contributed by atoms with E-state index >= 15 is 0 Å². The molecule has 0 unspecified atom stereocenters. The van der Waals surface area contributed by atoms with Crippen LogP contribution in [0.4, 0.5) is 0 Å². The van der Waals surface area contributed by atoms with Gasteiger partial charge in [0.15, 0.2) is 5.58 Å². The normalized spacial score (nSPS) is 11.0. The Hall–Kier alpha value is -1.56. The lowest BCUT2D eigenvalue weighted by Gasteiger charge is -2.02. The average Bonchev–Trinajstić information content (AvgIpc) is 2.85. The lowest BCUT2D eigenvalue weighted by atomic mass is 10.2. The van der Waals surface area contributed by atoms with Crippen LogP contribution in [0.15, 0.2) is 39.2 Å². The van der Waals surface area contributed by atoms with E-state index in [1.165, 1.54) is 12.1 Å². The van der Waals surface area contributed by atoms with E-state index in [0.717, 1.165) is 0 Å². The molecule has 0 aliphatic rings. The van der Waals surface area contributed by atoms with Gasteiger partial charge in [0, 0.05) is 9.50 Å². The van der Waals surface area contributed by atoms with Crippen molar-refractivity contribution in [2.24, 2.45) is 0 Å². The van der Waals surface area contributed by atoms with E-state index < -0.39 is 5.97 Å². The molecule has 0 aliphatic heterocycles. The number of hydrogen-bond donors (Lipinski definition) is 1. The highest BCUT2D eigenvalue weighted by Crippen LogP contribution is 2.37. The van der Waals surface area contributed by atoms with Crippen LogP contribution in [0.25, 0.3) is 22.6 Å². The minimum Gasteiger partial charge on any atom is -0.478 e. The zero-order valence-corrected chi connectivity index (χ0v) is 13.3. The third kappa shape index (κ3) is 2.64. The topological polar surface area (TPSA) is 63.3 Å². The maximum absolute atomic E-state index is 11.0. The minimum absolute atomic E-state index is 0.144. The second-order valence-corrected chi connectivity index (χ2v) is 5.89. The molecule has 0 atom stereocenters. The van der Waals surface area contributed by atoms with Gasteiger partial charge in [0.2, 0.25) is 5.89 Å². The SMILES string of the molecule is O=C(O)c1ccc2oc(-c3cc(Cl)cc(Cl)c3Br)nc2c1. The maximum Gasteiger partial charge on any atom is 0.335 e. The van der Waals surface area contributed by atoms with E-state index in [-0.39, 0.29) is 5.56 Å². The van der Waals surface area contributed by atoms with Crippen molar-refractivity contribution >= 4 is 56.2 Å². The Morgan fingerprint density at radius 3 is 2.71 bits per heavy atom. The van der Waals surface area contributed by atoms with Crippen molar-refractivity contribution in [2.75, 3.05) is 0 Å². The van der Waals surface area contributed by atoms with Crippen molar-refractivity contribution < 1.29 is 14.3 Å². The molecule has 0 fully saturated rings. The summed E-state index contributed by atoms with van der Waals surface area (Å²) < 4.78 is 6.24. The van der Waals surface area contributed by atoms with Gasteiger partial charge in [0.25, 0.3) is 0 Å². The Balaban J connectivity index is 2.20. The van der Waals surface area contributed by atoms with Crippen molar-refractivity contribution in [2.45, 2.75) is 0 Å². The number of benzene rings is 2. The van der Waals surface area contributed by atoms with E-state index in [1.54, 1.807) is 18.2 Å². The fourth-order valence-electron chi connectivity index (χ4n) is 1.89. The molecule has 21 heavy (non-hydrogen) atoms. The van der Waals surface area contributed by atoms with Crippen LogP contribution in [0.1, 0.15) is 10.4 Å². The van der Waals surface area contributed by atoms with Crippen molar-refractivity contribution in [3.63, 3.8) is 0 Å². The molecule has 0 spiro atoms. The van der Waals surface area contributed by atoms with Gasteiger partial charge in [-0.05, 0) is 46.3 Å². The highest BCUT2D eigenvalue weighted by molar-refractivity contribution is 9.10. The fourth-order valence-corrected chi connectivity index (χ4v) is 2.78. The summed E-state index contributed by atoms with van der Waals surface area (Å²) in [6.07, 6.45) is 0. The summed E-state index contributed by atoms with van der Waals surface area (Å²) in [6.45, 7) is 0. The molecule has 2 aromatic carbocycles. The van der Waals surface area contributed by atoms with Gasteiger partial charge in [0.1, 0.15) is 5.52 Å². The Kier molecular flexibility index (Phi) is 3.65. The number of hydrogen-bond acceptors (Lipinski definition) is 3. The van der Waals surface area contributed by atoms with E-state index in [4.69, 9.17) is 32.7 Å². The predicted molar refractivity (Wildman–Crippen MR) is 84.1 cm³/mol. The van der Waals surface area contributed by atoms with Gasteiger partial charge >= 0.3 is 5.97 Å². The van der Waals surface area contributed by atoms with Crippen LogP contribution in [0.2, 0.25) is 10.0 Å². The number of carbonyl (C=O) groups is 1. The molecule has 106 valence electrons. The first-order chi connectivity index (χ1) is 9.95. The average molecular weight is 387 g/mol. The Bertz CT molecular complexity index is 876. The van der Waals surface area contributed by atoms with Crippen molar-refractivity contribution in [1.82, 2.24) is 4.98 Å². The monoisotopic (exact) mass is 385 g/mol. The Morgan fingerprint density at radius 2 is 2.00 bits per heavy atom. The smallest absolute Gasteiger partial charge is 0.335 e. The number of nitrogens with zero attached hydrogens (tertiary/aromatic N) is 1. The molecule has 0 amide bonds. The van der Waals surface area contributed by atoms with Crippen LogP contribution < -0.4 is 0 Å². The molecule has 4 nitrogen and oxygen atoms in total. The number of rotatable bonds is 2. The molecule has 0 saturated carbocycles. The molecular weight excluding hydrogens is 381 g/mol. The second kappa shape index (κ2) is 5.33. The molecule has 0 saturated heterocycles. The molecule has 0 bridgehead atoms. The molecule has 1 aromatic heterocycles. The summed E-state index contributed by atoms with van der Waals surface area (Å²) in [5.74, 6) is -0.711. The van der Waals surface area contributed by atoms with E-state index in [1.807, 2.05) is 0 Å². The van der Waals surface area contributed by atoms with Crippen LogP contribution in [-0.2, 0) is 0 Å². The first-order valence-electron chi connectivity index (χ1n) is 5.74. The van der Waals surface area contributed by atoms with Gasteiger partial charge in [-0.3, -0.25) is 0 Å². The van der Waals surface area contributed by atoms with Gasteiger partial charge in [-0.2, -0.15) is 0 Å². The van der Waals surface area contributed by atoms with Crippen molar-refractivity contribution in [3.05, 3.63) is 50.4 Å². The van der Waals surface area contributed by atoms with Gasteiger partial charge in [-0.15, -0.1) is 0 Å². The maximum atomic E-state index is 11.0. The van der Waals surface area contributed by atoms with Crippen LogP contribution in [-0.4, -0.2) is 16.1 Å². The minimum atomic E-state index is -1.02. The number of carboxylic acids is 1. The zero-order valence-electron chi connectivity index (χ0n) is 10.2. The van der Waals surface area contributed by atoms with Crippen molar-refractivity contribution in [3.8, 4) is 11.5 Å². The standard InChI is InChI=1S/C14H6BrCl2NO3/c15-12-8(4-7(16)5-9(12)17)13-18-10-3-6(14(19)20)1-2-11(10)21-13/h1-5H,(H,19,20). The molecule has 3 aromatic rings. The van der Waals surface area contributed by atoms with Gasteiger partial charge in [-0.25, -0.2) is 9.78 Å². The van der Waals surface area contributed by atoms with Gasteiger partial charge in [-0.1, -0.05) is 23.2 Å². The summed E-state index contributed by atoms with van der Waals surface area (Å²) in [5.41, 5.74) is 1.68. The molecule has 3 rings (SSSR count). The van der Waals surface area contributed by atoms with Gasteiger partial charge < -0.3 is 9.52 Å². The molecule has 0 radical (unpaired) electrons. The quantitative estimate of drug-likeness (QED) is 0.610. The number of fused-ring (bicyclic) bond motifs is 1. The zero-order chi connectivity index (χ0) is 15.1. The fraction of sp³-hybridized carbons (Fsp3) is 0. The highest BCUT2D eigenvalue weighted by atomic mass is 79.9. The summed E-state index contributed by atoms with van der Waals surface area (Å²) in [5, 5.41) is 9.87. The Morgan fingerprint density at radius 1 is 1.24 bits per heavy atom. The summed E-state index contributed by atoms with van der Waals surface area (Å²) in [7, 11) is 0. The molecule has 7 heteroatoms. The highest BCUT2D eigenvalue weighted by Gasteiger charge is 2.16. The summed E-state index contributed by atoms with van der Waals surface area (Å²) >= 11 is 15.4. The molecule has 0 aliphatic carbocycles. The van der Waals surface area contributed by atoms with E-state index in [0.29, 0.717) is 37.1 Å². The van der Waals surface area contributed by atoms with Crippen LogP contribution >= 0.6 is 39.1 Å². The van der Waals surface area contributed by atoms with Crippen molar-refractivity contribution in [1.29, 1.82) is 0 Å². The lowest BCUT2D eigenvalue weighted by molar-refractivity contribution is 0.0697. The number of oxazole rings is 1. The number of aromatic nitrogens is 1.